The van der Waals surface area contributed by atoms with E-state index in [0.29, 0.717) is 11.4 Å². The van der Waals surface area contributed by atoms with Gasteiger partial charge < -0.3 is 16.4 Å². The summed E-state index contributed by atoms with van der Waals surface area (Å²) in [5.74, 6) is -0.240. The fraction of sp³-hybridized carbons (Fsp3) is 0.231. The first-order valence-corrected chi connectivity index (χ1v) is 6.06. The van der Waals surface area contributed by atoms with Crippen molar-refractivity contribution < 1.29 is 13.2 Å². The Kier molecular flexibility index (Phi) is 3.88. The second kappa shape index (κ2) is 5.47. The number of halogens is 3. The predicted molar refractivity (Wildman–Crippen MR) is 75.5 cm³/mol. The average molecular weight is 297 g/mol. The van der Waals surface area contributed by atoms with Gasteiger partial charge in [0, 0.05) is 24.6 Å². The lowest BCUT2D eigenvalue weighted by molar-refractivity contribution is -0.137. The Labute approximate surface area is 119 Å². The highest BCUT2D eigenvalue weighted by atomic mass is 19.4. The fourth-order valence-corrected chi connectivity index (χ4v) is 1.69. The Bertz CT molecular complexity index is 655. The van der Waals surface area contributed by atoms with Crippen molar-refractivity contribution in [2.24, 2.45) is 0 Å². The molecule has 1 aromatic heterocycles. The normalized spacial score (nSPS) is 11.3. The van der Waals surface area contributed by atoms with Crippen LogP contribution in [0.3, 0.4) is 0 Å². The second-order valence-electron chi connectivity index (χ2n) is 4.40. The van der Waals surface area contributed by atoms with Crippen molar-refractivity contribution in [3.63, 3.8) is 0 Å². The highest BCUT2D eigenvalue weighted by Gasteiger charge is 2.35. The van der Waals surface area contributed by atoms with E-state index in [1.165, 1.54) is 7.05 Å². The van der Waals surface area contributed by atoms with Gasteiger partial charge in [-0.25, -0.2) is 4.98 Å². The summed E-state index contributed by atoms with van der Waals surface area (Å²) in [5, 5.41) is 5.23. The summed E-state index contributed by atoms with van der Waals surface area (Å²) in [6.07, 6.45) is -3.77. The number of nitrogen functional groups attached to an aromatic ring is 1. The number of rotatable bonds is 3. The first-order valence-electron chi connectivity index (χ1n) is 6.06. The molecule has 0 unspecified atom stereocenters. The first kappa shape index (κ1) is 14.9. The molecule has 2 rings (SSSR count). The molecule has 0 bridgehead atoms. The molecular formula is C13H14F3N5. The van der Waals surface area contributed by atoms with Gasteiger partial charge in [0.15, 0.2) is 0 Å². The van der Waals surface area contributed by atoms with Gasteiger partial charge in [-0.2, -0.15) is 18.2 Å². The van der Waals surface area contributed by atoms with Crippen molar-refractivity contribution in [1.82, 2.24) is 9.97 Å². The number of aromatic nitrogens is 2. The molecule has 0 aliphatic heterocycles. The Morgan fingerprint density at radius 3 is 2.52 bits per heavy atom. The van der Waals surface area contributed by atoms with Crippen LogP contribution < -0.4 is 16.4 Å². The summed E-state index contributed by atoms with van der Waals surface area (Å²) in [4.78, 5) is 7.49. The molecule has 0 aliphatic rings. The van der Waals surface area contributed by atoms with E-state index in [9.17, 15) is 13.2 Å². The lowest BCUT2D eigenvalue weighted by atomic mass is 10.2. The van der Waals surface area contributed by atoms with Gasteiger partial charge in [-0.15, -0.1) is 0 Å². The minimum Gasteiger partial charge on any atom is -0.398 e. The van der Waals surface area contributed by atoms with Gasteiger partial charge in [-0.1, -0.05) is 6.07 Å². The molecule has 0 fully saturated rings. The van der Waals surface area contributed by atoms with Gasteiger partial charge in [0.05, 0.1) is 0 Å². The SMILES string of the molecule is CNc1nc(Nc2ccc(C)c(N)c2)ncc1C(F)(F)F. The van der Waals surface area contributed by atoms with Crippen molar-refractivity contribution in [3.05, 3.63) is 35.5 Å². The van der Waals surface area contributed by atoms with Crippen molar-refractivity contribution in [2.75, 3.05) is 23.4 Å². The molecule has 112 valence electrons. The molecule has 2 aromatic rings. The number of aryl methyl sites for hydroxylation is 1. The molecule has 8 heteroatoms. The zero-order valence-corrected chi connectivity index (χ0v) is 11.4. The van der Waals surface area contributed by atoms with Gasteiger partial charge >= 0.3 is 6.18 Å². The van der Waals surface area contributed by atoms with Gasteiger partial charge in [-0.3, -0.25) is 0 Å². The van der Waals surface area contributed by atoms with Crippen molar-refractivity contribution in [1.29, 1.82) is 0 Å². The fourth-order valence-electron chi connectivity index (χ4n) is 1.69. The topological polar surface area (TPSA) is 75.9 Å². The Hall–Kier alpha value is -2.51. The Morgan fingerprint density at radius 2 is 1.95 bits per heavy atom. The summed E-state index contributed by atoms with van der Waals surface area (Å²) in [6.45, 7) is 1.85. The molecule has 0 radical (unpaired) electrons. The highest BCUT2D eigenvalue weighted by Crippen LogP contribution is 2.33. The van der Waals surface area contributed by atoms with E-state index in [1.54, 1.807) is 18.2 Å². The standard InChI is InChI=1S/C13H14F3N5/c1-7-3-4-8(5-10(7)17)20-12-19-6-9(13(14,15)16)11(18-2)21-12/h3-6H,17H2,1-2H3,(H2,18,19,20,21). The van der Waals surface area contributed by atoms with Crippen LogP contribution in [0.2, 0.25) is 0 Å². The molecule has 0 aliphatic carbocycles. The number of hydrogen-bond acceptors (Lipinski definition) is 5. The molecule has 5 nitrogen and oxygen atoms in total. The molecule has 1 heterocycles. The number of nitrogens with zero attached hydrogens (tertiary/aromatic N) is 2. The predicted octanol–water partition coefficient (Wildman–Crippen LogP) is 3.17. The molecule has 0 saturated carbocycles. The lowest BCUT2D eigenvalue weighted by Gasteiger charge is -2.13. The Balaban J connectivity index is 2.31. The number of benzene rings is 1. The third-order valence-electron chi connectivity index (χ3n) is 2.87. The lowest BCUT2D eigenvalue weighted by Crippen LogP contribution is -2.12. The smallest absolute Gasteiger partial charge is 0.398 e. The second-order valence-corrected chi connectivity index (χ2v) is 4.40. The molecule has 0 saturated heterocycles. The molecule has 0 atom stereocenters. The van der Waals surface area contributed by atoms with Crippen LogP contribution in [-0.2, 0) is 6.18 Å². The maximum Gasteiger partial charge on any atom is 0.421 e. The average Bonchev–Trinajstić information content (AvgIpc) is 2.41. The van der Waals surface area contributed by atoms with Crippen LogP contribution in [0.15, 0.2) is 24.4 Å². The van der Waals surface area contributed by atoms with Crippen LogP contribution in [0.4, 0.5) is 36.3 Å². The number of nitrogens with one attached hydrogen (secondary N) is 2. The quantitative estimate of drug-likeness (QED) is 0.759. The minimum absolute atomic E-state index is 0.0515. The van der Waals surface area contributed by atoms with Crippen LogP contribution in [-0.4, -0.2) is 17.0 Å². The van der Waals surface area contributed by atoms with E-state index >= 15 is 0 Å². The van der Waals surface area contributed by atoms with Crippen molar-refractivity contribution >= 4 is 23.1 Å². The summed E-state index contributed by atoms with van der Waals surface area (Å²) < 4.78 is 38.2. The molecule has 21 heavy (non-hydrogen) atoms. The van der Waals surface area contributed by atoms with E-state index in [1.807, 2.05) is 6.92 Å². The Morgan fingerprint density at radius 1 is 1.24 bits per heavy atom. The molecule has 0 amide bonds. The van der Waals surface area contributed by atoms with Crippen LogP contribution in [0.1, 0.15) is 11.1 Å². The van der Waals surface area contributed by atoms with Crippen molar-refractivity contribution in [3.8, 4) is 0 Å². The van der Waals surface area contributed by atoms with Crippen LogP contribution in [0, 0.1) is 6.92 Å². The van der Waals surface area contributed by atoms with Crippen LogP contribution in [0.5, 0.6) is 0 Å². The minimum atomic E-state index is -4.51. The van der Waals surface area contributed by atoms with Gasteiger partial charge in [0.25, 0.3) is 0 Å². The zero-order valence-electron chi connectivity index (χ0n) is 11.4. The van der Waals surface area contributed by atoms with Crippen LogP contribution in [0.25, 0.3) is 0 Å². The van der Waals surface area contributed by atoms with E-state index in [-0.39, 0.29) is 11.8 Å². The van der Waals surface area contributed by atoms with Gasteiger partial charge in [0.2, 0.25) is 5.95 Å². The van der Waals surface area contributed by atoms with E-state index in [0.717, 1.165) is 11.8 Å². The number of hydrogen-bond donors (Lipinski definition) is 3. The maximum atomic E-state index is 12.7. The number of nitrogens with two attached hydrogens (primary N) is 1. The van der Waals surface area contributed by atoms with Crippen LogP contribution >= 0.6 is 0 Å². The molecule has 0 spiro atoms. The zero-order chi connectivity index (χ0) is 15.6. The highest BCUT2D eigenvalue weighted by molar-refractivity contribution is 5.63. The third kappa shape index (κ3) is 3.33. The third-order valence-corrected chi connectivity index (χ3v) is 2.87. The first-order chi connectivity index (χ1) is 9.81. The maximum absolute atomic E-state index is 12.7. The number of alkyl halides is 3. The van der Waals surface area contributed by atoms with E-state index in [4.69, 9.17) is 5.73 Å². The summed E-state index contributed by atoms with van der Waals surface area (Å²) in [7, 11) is 1.37. The molecule has 4 N–H and O–H groups in total. The van der Waals surface area contributed by atoms with E-state index < -0.39 is 11.7 Å². The van der Waals surface area contributed by atoms with Crippen molar-refractivity contribution in [2.45, 2.75) is 13.1 Å². The van der Waals surface area contributed by atoms with Gasteiger partial charge in [0.1, 0.15) is 11.4 Å². The van der Waals surface area contributed by atoms with Gasteiger partial charge in [-0.05, 0) is 24.6 Å². The van der Waals surface area contributed by atoms with E-state index in [2.05, 4.69) is 20.6 Å². The molecular weight excluding hydrogens is 283 g/mol. The monoisotopic (exact) mass is 297 g/mol. The molecule has 1 aromatic carbocycles. The summed E-state index contributed by atoms with van der Waals surface area (Å²) in [5.41, 5.74) is 6.93. The largest absolute Gasteiger partial charge is 0.421 e. The summed E-state index contributed by atoms with van der Waals surface area (Å²) >= 11 is 0. The summed E-state index contributed by atoms with van der Waals surface area (Å²) in [6, 6.07) is 5.20. The number of anilines is 4.